The van der Waals surface area contributed by atoms with Crippen LogP contribution in [0.3, 0.4) is 0 Å². The number of rotatable bonds is 3. The van der Waals surface area contributed by atoms with Crippen LogP contribution in [0.4, 0.5) is 0 Å². The van der Waals surface area contributed by atoms with Gasteiger partial charge in [0, 0.05) is 29.6 Å². The summed E-state index contributed by atoms with van der Waals surface area (Å²) in [6.45, 7) is 3.90. The van der Waals surface area contributed by atoms with Crippen LogP contribution < -0.4 is 4.74 Å². The van der Waals surface area contributed by atoms with E-state index in [2.05, 4.69) is 4.98 Å². The first-order valence-electron chi connectivity index (χ1n) is 7.75. The molecule has 4 rings (SSSR count). The standard InChI is InChI=1S/C16H20ClNO3/c17-14-6-13(21-9-11-7-20-8-11)12-2-1-3-16(15(12)18-14)4-5-19-10-16/h6,11H,1-5,7-10H2. The molecule has 0 radical (unpaired) electrons. The second kappa shape index (κ2) is 5.41. The van der Waals surface area contributed by atoms with E-state index >= 15 is 0 Å². The third-order valence-corrected chi connectivity index (χ3v) is 5.12. The summed E-state index contributed by atoms with van der Waals surface area (Å²) in [5.74, 6) is 1.43. The van der Waals surface area contributed by atoms with Gasteiger partial charge in [-0.1, -0.05) is 11.6 Å². The van der Waals surface area contributed by atoms with E-state index in [4.69, 9.17) is 25.8 Å². The fourth-order valence-electron chi connectivity index (χ4n) is 3.63. The van der Waals surface area contributed by atoms with Gasteiger partial charge in [-0.2, -0.15) is 0 Å². The maximum Gasteiger partial charge on any atom is 0.133 e. The average Bonchev–Trinajstić information content (AvgIpc) is 2.88. The molecule has 21 heavy (non-hydrogen) atoms. The van der Waals surface area contributed by atoms with Crippen molar-refractivity contribution >= 4 is 11.6 Å². The number of nitrogens with zero attached hydrogens (tertiary/aromatic N) is 1. The van der Waals surface area contributed by atoms with Crippen LogP contribution in [-0.2, 0) is 21.3 Å². The summed E-state index contributed by atoms with van der Waals surface area (Å²) >= 11 is 6.25. The molecule has 0 aromatic carbocycles. The molecule has 1 aromatic rings. The number of pyridine rings is 1. The molecule has 0 N–H and O–H groups in total. The van der Waals surface area contributed by atoms with E-state index in [1.165, 1.54) is 12.0 Å². The second-order valence-corrected chi connectivity index (χ2v) is 6.81. The lowest BCUT2D eigenvalue weighted by Crippen LogP contribution is -2.34. The quantitative estimate of drug-likeness (QED) is 0.805. The summed E-state index contributed by atoms with van der Waals surface area (Å²) in [6.07, 6.45) is 4.38. The minimum atomic E-state index is 0.0656. The zero-order chi connectivity index (χ0) is 14.3. The average molecular weight is 310 g/mol. The highest BCUT2D eigenvalue weighted by Gasteiger charge is 2.42. The van der Waals surface area contributed by atoms with Gasteiger partial charge < -0.3 is 14.2 Å². The van der Waals surface area contributed by atoms with Crippen LogP contribution in [0.5, 0.6) is 5.75 Å². The predicted octanol–water partition coefficient (Wildman–Crippen LogP) is 2.75. The van der Waals surface area contributed by atoms with Crippen LogP contribution >= 0.6 is 11.6 Å². The van der Waals surface area contributed by atoms with Crippen molar-refractivity contribution in [1.82, 2.24) is 4.98 Å². The molecule has 2 saturated heterocycles. The molecule has 5 heteroatoms. The molecule has 0 saturated carbocycles. The normalized spacial score (nSPS) is 28.4. The highest BCUT2D eigenvalue weighted by Crippen LogP contribution is 2.45. The summed E-state index contributed by atoms with van der Waals surface area (Å²) in [6, 6.07) is 1.87. The van der Waals surface area contributed by atoms with Crippen molar-refractivity contribution < 1.29 is 14.2 Å². The van der Waals surface area contributed by atoms with Gasteiger partial charge in [-0.05, 0) is 25.7 Å². The first-order valence-corrected chi connectivity index (χ1v) is 8.13. The van der Waals surface area contributed by atoms with Crippen LogP contribution in [-0.4, -0.2) is 38.0 Å². The zero-order valence-corrected chi connectivity index (χ0v) is 12.8. The number of fused-ring (bicyclic) bond motifs is 2. The van der Waals surface area contributed by atoms with Crippen LogP contribution in [0.25, 0.3) is 0 Å². The minimum Gasteiger partial charge on any atom is -0.493 e. The molecule has 4 nitrogen and oxygen atoms in total. The third kappa shape index (κ3) is 2.43. The molecule has 1 unspecified atom stereocenters. The maximum absolute atomic E-state index is 6.25. The highest BCUT2D eigenvalue weighted by molar-refractivity contribution is 6.29. The summed E-state index contributed by atoms with van der Waals surface area (Å²) in [5.41, 5.74) is 2.44. The lowest BCUT2D eigenvalue weighted by molar-refractivity contribution is -0.0510. The number of halogens is 1. The van der Waals surface area contributed by atoms with E-state index in [0.29, 0.717) is 17.7 Å². The Morgan fingerprint density at radius 2 is 2.24 bits per heavy atom. The van der Waals surface area contributed by atoms with Gasteiger partial charge in [0.25, 0.3) is 0 Å². The molecule has 1 aromatic heterocycles. The number of hydrogen-bond donors (Lipinski definition) is 0. The van der Waals surface area contributed by atoms with E-state index in [9.17, 15) is 0 Å². The lowest BCUT2D eigenvalue weighted by atomic mass is 9.72. The lowest BCUT2D eigenvalue weighted by Gasteiger charge is -2.34. The van der Waals surface area contributed by atoms with E-state index in [1.807, 2.05) is 6.07 Å². The molecule has 3 heterocycles. The Morgan fingerprint density at radius 1 is 1.33 bits per heavy atom. The highest BCUT2D eigenvalue weighted by atomic mass is 35.5. The van der Waals surface area contributed by atoms with Crippen LogP contribution in [0.1, 0.15) is 30.5 Å². The number of aromatic nitrogens is 1. The summed E-state index contributed by atoms with van der Waals surface area (Å²) in [7, 11) is 0. The van der Waals surface area contributed by atoms with Crippen molar-refractivity contribution in [3.05, 3.63) is 22.5 Å². The smallest absolute Gasteiger partial charge is 0.133 e. The molecular formula is C16H20ClNO3. The molecule has 1 atom stereocenters. The van der Waals surface area contributed by atoms with Gasteiger partial charge in [0.15, 0.2) is 0 Å². The van der Waals surface area contributed by atoms with Crippen LogP contribution in [0.15, 0.2) is 6.07 Å². The molecule has 1 spiro atoms. The van der Waals surface area contributed by atoms with Crippen molar-refractivity contribution in [3.8, 4) is 5.75 Å². The zero-order valence-electron chi connectivity index (χ0n) is 12.1. The molecular weight excluding hydrogens is 290 g/mol. The Kier molecular flexibility index (Phi) is 3.56. The van der Waals surface area contributed by atoms with Gasteiger partial charge in [-0.3, -0.25) is 0 Å². The minimum absolute atomic E-state index is 0.0656. The Bertz CT molecular complexity index is 539. The topological polar surface area (TPSA) is 40.6 Å². The second-order valence-electron chi connectivity index (χ2n) is 6.42. The first-order chi connectivity index (χ1) is 10.3. The Labute approximate surface area is 129 Å². The van der Waals surface area contributed by atoms with Gasteiger partial charge in [-0.15, -0.1) is 0 Å². The fraction of sp³-hybridized carbons (Fsp3) is 0.688. The summed E-state index contributed by atoms with van der Waals surface area (Å²) < 4.78 is 16.9. The molecule has 3 aliphatic rings. The van der Waals surface area contributed by atoms with E-state index in [1.54, 1.807) is 0 Å². The van der Waals surface area contributed by atoms with Gasteiger partial charge in [-0.25, -0.2) is 4.98 Å². The first kappa shape index (κ1) is 13.8. The van der Waals surface area contributed by atoms with Gasteiger partial charge in [0.1, 0.15) is 10.9 Å². The van der Waals surface area contributed by atoms with Crippen molar-refractivity contribution in [2.24, 2.45) is 5.92 Å². The SMILES string of the molecule is Clc1cc(OCC2COC2)c2c(n1)C1(CCC2)CCOC1. The Hall–Kier alpha value is -0.840. The Balaban J connectivity index is 1.66. The maximum atomic E-state index is 6.25. The van der Waals surface area contributed by atoms with E-state index in [0.717, 1.165) is 57.1 Å². The summed E-state index contributed by atoms with van der Waals surface area (Å²) in [4.78, 5) is 4.65. The van der Waals surface area contributed by atoms with Crippen molar-refractivity contribution in [1.29, 1.82) is 0 Å². The fourth-order valence-corrected chi connectivity index (χ4v) is 3.81. The van der Waals surface area contributed by atoms with Crippen molar-refractivity contribution in [2.45, 2.75) is 31.1 Å². The van der Waals surface area contributed by atoms with Crippen LogP contribution in [0, 0.1) is 5.92 Å². The summed E-state index contributed by atoms with van der Waals surface area (Å²) in [5, 5.41) is 0.529. The number of hydrogen-bond acceptors (Lipinski definition) is 4. The van der Waals surface area contributed by atoms with Crippen molar-refractivity contribution in [3.63, 3.8) is 0 Å². The number of ether oxygens (including phenoxy) is 3. The van der Waals surface area contributed by atoms with Gasteiger partial charge in [0.2, 0.25) is 0 Å². The molecule has 1 aliphatic carbocycles. The van der Waals surface area contributed by atoms with Gasteiger partial charge >= 0.3 is 0 Å². The predicted molar refractivity (Wildman–Crippen MR) is 79.1 cm³/mol. The monoisotopic (exact) mass is 309 g/mol. The molecule has 114 valence electrons. The largest absolute Gasteiger partial charge is 0.493 e. The molecule has 0 amide bonds. The molecule has 2 aliphatic heterocycles. The Morgan fingerprint density at radius 3 is 2.95 bits per heavy atom. The molecule has 2 fully saturated rings. The van der Waals surface area contributed by atoms with Crippen LogP contribution in [0.2, 0.25) is 5.15 Å². The molecule has 0 bridgehead atoms. The third-order valence-electron chi connectivity index (χ3n) is 4.92. The van der Waals surface area contributed by atoms with E-state index in [-0.39, 0.29) is 5.41 Å². The van der Waals surface area contributed by atoms with Gasteiger partial charge in [0.05, 0.1) is 32.1 Å². The van der Waals surface area contributed by atoms with E-state index < -0.39 is 0 Å². The van der Waals surface area contributed by atoms with Crippen molar-refractivity contribution in [2.75, 3.05) is 33.0 Å².